The van der Waals surface area contributed by atoms with E-state index in [9.17, 15) is 0 Å². The summed E-state index contributed by atoms with van der Waals surface area (Å²) in [7, 11) is 0. The summed E-state index contributed by atoms with van der Waals surface area (Å²) < 4.78 is 2.60. The van der Waals surface area contributed by atoms with Gasteiger partial charge >= 0.3 is 0 Å². The van der Waals surface area contributed by atoms with Crippen LogP contribution in [0.2, 0.25) is 0 Å². The molecule has 1 atom stereocenters. The predicted molar refractivity (Wildman–Crippen MR) is 147 cm³/mol. The molecule has 0 saturated heterocycles. The fourth-order valence-corrected chi connectivity index (χ4v) is 5.52. The third kappa shape index (κ3) is 5.12. The maximum Gasteiger partial charge on any atom is 0.240 e. The van der Waals surface area contributed by atoms with Crippen LogP contribution in [0.4, 0.5) is 5.69 Å². The van der Waals surface area contributed by atoms with Crippen molar-refractivity contribution in [2.75, 3.05) is 11.4 Å². The van der Waals surface area contributed by atoms with Crippen LogP contribution < -0.4 is 4.90 Å². The van der Waals surface area contributed by atoms with Crippen molar-refractivity contribution >= 4 is 12.0 Å². The summed E-state index contributed by atoms with van der Waals surface area (Å²) in [6.07, 6.45) is 3.47. The maximum atomic E-state index is 2.60. The Morgan fingerprint density at radius 2 is 1.41 bits per heavy atom. The quantitative estimate of drug-likeness (QED) is 0.335. The third-order valence-corrected chi connectivity index (χ3v) is 7.29. The van der Waals surface area contributed by atoms with Crippen molar-refractivity contribution in [1.29, 1.82) is 0 Å². The van der Waals surface area contributed by atoms with E-state index in [0.717, 1.165) is 19.5 Å². The molecule has 3 aromatic rings. The number of hydrogen-bond acceptors (Lipinski definition) is 1. The first-order valence-corrected chi connectivity index (χ1v) is 12.9. The molecule has 4 rings (SSSR count). The number of aryl methyl sites for hydroxylation is 3. The van der Waals surface area contributed by atoms with E-state index in [1.807, 2.05) is 0 Å². The molecule has 2 heteroatoms. The molecule has 34 heavy (non-hydrogen) atoms. The first-order chi connectivity index (χ1) is 16.2. The van der Waals surface area contributed by atoms with Gasteiger partial charge in [0.2, 0.25) is 6.34 Å². The first kappa shape index (κ1) is 24.3. The normalized spacial score (nSPS) is 16.0. The fourth-order valence-electron chi connectivity index (χ4n) is 5.52. The van der Waals surface area contributed by atoms with E-state index in [1.165, 1.54) is 44.6 Å². The Labute approximate surface area is 207 Å². The largest absolute Gasteiger partial charge is 0.257 e. The van der Waals surface area contributed by atoms with E-state index < -0.39 is 0 Å². The second-order valence-electron chi connectivity index (χ2n) is 10.8. The van der Waals surface area contributed by atoms with Crippen molar-refractivity contribution in [2.45, 2.75) is 79.3 Å². The van der Waals surface area contributed by atoms with Crippen LogP contribution >= 0.6 is 0 Å². The van der Waals surface area contributed by atoms with E-state index in [1.54, 1.807) is 0 Å². The van der Waals surface area contributed by atoms with Gasteiger partial charge in [0.15, 0.2) is 0 Å². The minimum absolute atomic E-state index is 0.433. The fraction of sp³-hybridized carbons (Fsp3) is 0.406. The zero-order valence-corrected chi connectivity index (χ0v) is 22.1. The van der Waals surface area contributed by atoms with Gasteiger partial charge < -0.3 is 0 Å². The van der Waals surface area contributed by atoms with Gasteiger partial charge in [-0.1, -0.05) is 93.9 Å². The van der Waals surface area contributed by atoms with Crippen LogP contribution in [0.1, 0.15) is 78.5 Å². The van der Waals surface area contributed by atoms with E-state index in [4.69, 9.17) is 0 Å². The summed E-state index contributed by atoms with van der Waals surface area (Å²) in [6.45, 7) is 18.0. The molecule has 0 spiro atoms. The highest BCUT2D eigenvalue weighted by molar-refractivity contribution is 5.82. The van der Waals surface area contributed by atoms with Crippen molar-refractivity contribution < 1.29 is 4.58 Å². The number of nitrogens with zero attached hydrogens (tertiary/aromatic N) is 2. The van der Waals surface area contributed by atoms with Crippen LogP contribution in [0.5, 0.6) is 0 Å². The molecule has 1 aliphatic heterocycles. The molecule has 0 fully saturated rings. The minimum atomic E-state index is 0.433. The topological polar surface area (TPSA) is 6.25 Å². The average Bonchev–Trinajstić information content (AvgIpc) is 3.18. The molecule has 0 saturated carbocycles. The van der Waals surface area contributed by atoms with Gasteiger partial charge in [-0.2, -0.15) is 0 Å². The Bertz CT molecular complexity index is 1120. The second kappa shape index (κ2) is 10.2. The minimum Gasteiger partial charge on any atom is -0.257 e. The van der Waals surface area contributed by atoms with Crippen LogP contribution in [0, 0.1) is 20.8 Å². The maximum absolute atomic E-state index is 2.60. The van der Waals surface area contributed by atoms with Gasteiger partial charge in [-0.3, -0.25) is 4.58 Å². The molecule has 178 valence electrons. The lowest BCUT2D eigenvalue weighted by atomic mass is 9.92. The molecule has 0 aromatic heterocycles. The standard InChI is InChI=1S/C32H41N2/c1-22(2)29-14-11-15-30(23(3)4)32(29)34-19-28(18-27-12-9-8-10-13-27)33(21-34)20-31-25(6)16-24(5)17-26(31)7/h8-17,21-23,28H,18-20H2,1-7H3/q+1/t28-/m0/s1. The van der Waals surface area contributed by atoms with Gasteiger partial charge in [0, 0.05) is 17.5 Å². The van der Waals surface area contributed by atoms with Crippen LogP contribution in [0.3, 0.4) is 0 Å². The lowest BCUT2D eigenvalue weighted by Crippen LogP contribution is -2.30. The SMILES string of the molecule is Cc1cc(C)c(C[N+]2=CN(c3c(C(C)C)cccc3C(C)C)C[C@@H]2Cc2ccccc2)c(C)c1. The molecule has 2 nitrogen and oxygen atoms in total. The summed E-state index contributed by atoms with van der Waals surface area (Å²) in [5, 5.41) is 0. The Kier molecular flexibility index (Phi) is 7.26. The van der Waals surface area contributed by atoms with Gasteiger partial charge in [0.1, 0.15) is 24.8 Å². The molecule has 0 amide bonds. The Hall–Kier alpha value is -2.87. The van der Waals surface area contributed by atoms with Crippen molar-refractivity contribution in [2.24, 2.45) is 0 Å². The van der Waals surface area contributed by atoms with Crippen molar-refractivity contribution in [1.82, 2.24) is 0 Å². The predicted octanol–water partition coefficient (Wildman–Crippen LogP) is 7.53. The highest BCUT2D eigenvalue weighted by Gasteiger charge is 2.35. The molecule has 0 aliphatic carbocycles. The number of rotatable bonds is 7. The first-order valence-electron chi connectivity index (χ1n) is 12.9. The van der Waals surface area contributed by atoms with Crippen molar-refractivity contribution in [3.05, 3.63) is 99.6 Å². The molecular formula is C32H41N2+. The highest BCUT2D eigenvalue weighted by atomic mass is 15.3. The Morgan fingerprint density at radius 1 is 0.824 bits per heavy atom. The average molecular weight is 454 g/mol. The number of hydrogen-bond donors (Lipinski definition) is 0. The lowest BCUT2D eigenvalue weighted by molar-refractivity contribution is -0.567. The van der Waals surface area contributed by atoms with Crippen LogP contribution in [0.15, 0.2) is 60.7 Å². The van der Waals surface area contributed by atoms with E-state index in [0.29, 0.717) is 17.9 Å². The Balaban J connectivity index is 1.77. The molecule has 1 aliphatic rings. The zero-order chi connectivity index (χ0) is 24.4. The number of benzene rings is 3. The lowest BCUT2D eigenvalue weighted by Gasteiger charge is -2.21. The Morgan fingerprint density at radius 3 is 1.97 bits per heavy atom. The molecule has 1 heterocycles. The van der Waals surface area contributed by atoms with Gasteiger partial charge in [0.05, 0.1) is 0 Å². The summed E-state index contributed by atoms with van der Waals surface area (Å²) in [5.74, 6) is 0.982. The summed E-state index contributed by atoms with van der Waals surface area (Å²) in [5.41, 5.74) is 11.3. The van der Waals surface area contributed by atoms with E-state index in [-0.39, 0.29) is 0 Å². The van der Waals surface area contributed by atoms with Crippen molar-refractivity contribution in [3.8, 4) is 0 Å². The second-order valence-corrected chi connectivity index (χ2v) is 10.8. The highest BCUT2D eigenvalue weighted by Crippen LogP contribution is 2.36. The summed E-state index contributed by atoms with van der Waals surface area (Å²) in [4.78, 5) is 2.55. The van der Waals surface area contributed by atoms with Crippen molar-refractivity contribution in [3.63, 3.8) is 0 Å². The molecule has 0 radical (unpaired) electrons. The van der Waals surface area contributed by atoms with Gasteiger partial charge in [-0.15, -0.1) is 0 Å². The summed E-state index contributed by atoms with van der Waals surface area (Å²) >= 11 is 0. The molecule has 3 aromatic carbocycles. The molecule has 0 N–H and O–H groups in total. The van der Waals surface area contributed by atoms with Crippen LogP contribution in [0.25, 0.3) is 0 Å². The third-order valence-electron chi connectivity index (χ3n) is 7.29. The van der Waals surface area contributed by atoms with Crippen LogP contribution in [-0.4, -0.2) is 23.5 Å². The molecule has 0 bridgehead atoms. The van der Waals surface area contributed by atoms with Gasteiger partial charge in [-0.25, -0.2) is 4.90 Å². The smallest absolute Gasteiger partial charge is 0.240 e. The van der Waals surface area contributed by atoms with E-state index in [2.05, 4.69) is 125 Å². The summed E-state index contributed by atoms with van der Waals surface area (Å²) in [6, 6.07) is 22.9. The zero-order valence-electron chi connectivity index (χ0n) is 22.1. The molecule has 0 unspecified atom stereocenters. The van der Waals surface area contributed by atoms with Gasteiger partial charge in [0.25, 0.3) is 0 Å². The number of para-hydroxylation sites is 1. The van der Waals surface area contributed by atoms with Gasteiger partial charge in [-0.05, 0) is 54.9 Å². The molecular weight excluding hydrogens is 412 g/mol. The van der Waals surface area contributed by atoms with E-state index >= 15 is 0 Å². The van der Waals surface area contributed by atoms with Crippen LogP contribution in [-0.2, 0) is 13.0 Å². The number of anilines is 1. The monoisotopic (exact) mass is 453 g/mol.